The second kappa shape index (κ2) is 5.44. The lowest BCUT2D eigenvalue weighted by Crippen LogP contribution is -2.40. The molecule has 1 aromatic rings. The third-order valence-electron chi connectivity index (χ3n) is 3.29. The standard InChI is InChI=1S/C13H18N2O4/c1-13(5-3-7-19-13)9-14-12(18)10-4-2-6-15(10)8-11(16)17/h2,4,6H,3,5,7-9H2,1H3,(H,14,18)(H,16,17). The number of hydrogen-bond acceptors (Lipinski definition) is 3. The minimum absolute atomic E-state index is 0.219. The van der Waals surface area contributed by atoms with Gasteiger partial charge in [-0.2, -0.15) is 0 Å². The van der Waals surface area contributed by atoms with Crippen LogP contribution in [0.15, 0.2) is 18.3 Å². The molecular weight excluding hydrogens is 248 g/mol. The van der Waals surface area contributed by atoms with Gasteiger partial charge in [0.25, 0.3) is 5.91 Å². The Labute approximate surface area is 111 Å². The van der Waals surface area contributed by atoms with Gasteiger partial charge < -0.3 is 19.7 Å². The first kappa shape index (κ1) is 13.6. The van der Waals surface area contributed by atoms with Gasteiger partial charge in [-0.05, 0) is 31.9 Å². The topological polar surface area (TPSA) is 80.6 Å². The molecule has 1 saturated heterocycles. The van der Waals surface area contributed by atoms with Crippen molar-refractivity contribution in [1.29, 1.82) is 0 Å². The Bertz CT molecular complexity index is 475. The molecule has 104 valence electrons. The van der Waals surface area contributed by atoms with E-state index in [4.69, 9.17) is 9.84 Å². The summed E-state index contributed by atoms with van der Waals surface area (Å²) in [6.45, 7) is 2.91. The van der Waals surface area contributed by atoms with Crippen molar-refractivity contribution in [3.63, 3.8) is 0 Å². The maximum Gasteiger partial charge on any atom is 0.323 e. The summed E-state index contributed by atoms with van der Waals surface area (Å²) in [5, 5.41) is 11.6. The first-order chi connectivity index (χ1) is 9.00. The molecule has 6 heteroatoms. The first-order valence-corrected chi connectivity index (χ1v) is 6.29. The van der Waals surface area contributed by atoms with Crippen LogP contribution in [-0.2, 0) is 16.1 Å². The normalized spacial score (nSPS) is 22.4. The molecule has 1 aliphatic heterocycles. The number of rotatable bonds is 5. The number of aliphatic carboxylic acids is 1. The fourth-order valence-electron chi connectivity index (χ4n) is 2.24. The summed E-state index contributed by atoms with van der Waals surface area (Å²) in [6.07, 6.45) is 3.50. The van der Waals surface area contributed by atoms with E-state index in [0.29, 0.717) is 12.2 Å². The van der Waals surface area contributed by atoms with Crippen molar-refractivity contribution in [2.75, 3.05) is 13.2 Å². The van der Waals surface area contributed by atoms with E-state index in [-0.39, 0.29) is 18.1 Å². The molecule has 19 heavy (non-hydrogen) atoms. The van der Waals surface area contributed by atoms with E-state index in [1.807, 2.05) is 6.92 Å². The molecule has 1 amide bonds. The van der Waals surface area contributed by atoms with Crippen LogP contribution in [0.4, 0.5) is 0 Å². The Hall–Kier alpha value is -1.82. The van der Waals surface area contributed by atoms with Crippen LogP contribution < -0.4 is 5.32 Å². The second-order valence-electron chi connectivity index (χ2n) is 5.00. The molecule has 2 heterocycles. The van der Waals surface area contributed by atoms with Crippen LogP contribution in [0.1, 0.15) is 30.3 Å². The average Bonchev–Trinajstić information content (AvgIpc) is 2.95. The third kappa shape index (κ3) is 3.35. The number of nitrogens with one attached hydrogen (secondary N) is 1. The summed E-state index contributed by atoms with van der Waals surface area (Å²) in [7, 11) is 0. The molecule has 2 rings (SSSR count). The fourth-order valence-corrected chi connectivity index (χ4v) is 2.24. The Kier molecular flexibility index (Phi) is 3.90. The van der Waals surface area contributed by atoms with Crippen LogP contribution in [0.2, 0.25) is 0 Å². The van der Waals surface area contributed by atoms with E-state index in [2.05, 4.69) is 5.32 Å². The Morgan fingerprint density at radius 2 is 2.37 bits per heavy atom. The van der Waals surface area contributed by atoms with Gasteiger partial charge in [-0.15, -0.1) is 0 Å². The Morgan fingerprint density at radius 3 is 3.00 bits per heavy atom. The molecule has 1 aliphatic rings. The van der Waals surface area contributed by atoms with Crippen molar-refractivity contribution in [1.82, 2.24) is 9.88 Å². The van der Waals surface area contributed by atoms with Crippen LogP contribution in [-0.4, -0.2) is 40.3 Å². The zero-order chi connectivity index (χ0) is 13.9. The summed E-state index contributed by atoms with van der Waals surface area (Å²) >= 11 is 0. The molecule has 0 spiro atoms. The number of aromatic nitrogens is 1. The molecular formula is C13H18N2O4. The van der Waals surface area contributed by atoms with E-state index >= 15 is 0 Å². The summed E-state index contributed by atoms with van der Waals surface area (Å²) in [5.74, 6) is -1.25. The Balaban J connectivity index is 1.96. The zero-order valence-electron chi connectivity index (χ0n) is 10.9. The number of amides is 1. The molecule has 0 saturated carbocycles. The highest BCUT2D eigenvalue weighted by molar-refractivity contribution is 5.93. The highest BCUT2D eigenvalue weighted by Crippen LogP contribution is 2.23. The smallest absolute Gasteiger partial charge is 0.323 e. The third-order valence-corrected chi connectivity index (χ3v) is 3.29. The largest absolute Gasteiger partial charge is 0.480 e. The van der Waals surface area contributed by atoms with Crippen LogP contribution >= 0.6 is 0 Å². The number of carbonyl (C=O) groups is 2. The number of carbonyl (C=O) groups excluding carboxylic acids is 1. The highest BCUT2D eigenvalue weighted by Gasteiger charge is 2.30. The maximum absolute atomic E-state index is 12.0. The van der Waals surface area contributed by atoms with Crippen LogP contribution in [0.5, 0.6) is 0 Å². The predicted octanol–water partition coefficient (Wildman–Crippen LogP) is 0.872. The SMILES string of the molecule is CC1(CNC(=O)c2cccn2CC(=O)O)CCCO1. The minimum Gasteiger partial charge on any atom is -0.480 e. The number of hydrogen-bond donors (Lipinski definition) is 2. The molecule has 6 nitrogen and oxygen atoms in total. The first-order valence-electron chi connectivity index (χ1n) is 6.29. The van der Waals surface area contributed by atoms with Gasteiger partial charge in [-0.25, -0.2) is 0 Å². The summed E-state index contributed by atoms with van der Waals surface area (Å²) in [4.78, 5) is 22.7. The van der Waals surface area contributed by atoms with Crippen molar-refractivity contribution in [3.05, 3.63) is 24.0 Å². The molecule has 1 atom stereocenters. The van der Waals surface area contributed by atoms with Crippen LogP contribution in [0.3, 0.4) is 0 Å². The van der Waals surface area contributed by atoms with Gasteiger partial charge in [0, 0.05) is 19.3 Å². The van der Waals surface area contributed by atoms with E-state index < -0.39 is 5.97 Å². The molecule has 0 bridgehead atoms. The molecule has 0 aliphatic carbocycles. The predicted molar refractivity (Wildman–Crippen MR) is 68.0 cm³/mol. The highest BCUT2D eigenvalue weighted by atomic mass is 16.5. The number of nitrogens with zero attached hydrogens (tertiary/aromatic N) is 1. The van der Waals surface area contributed by atoms with E-state index in [1.165, 1.54) is 4.57 Å². The van der Waals surface area contributed by atoms with Gasteiger partial charge in [-0.1, -0.05) is 0 Å². The Morgan fingerprint density at radius 1 is 1.58 bits per heavy atom. The second-order valence-corrected chi connectivity index (χ2v) is 5.00. The molecule has 1 aromatic heterocycles. The van der Waals surface area contributed by atoms with Crippen molar-refractivity contribution in [3.8, 4) is 0 Å². The number of carboxylic acid groups (broad SMARTS) is 1. The van der Waals surface area contributed by atoms with Gasteiger partial charge >= 0.3 is 5.97 Å². The van der Waals surface area contributed by atoms with E-state index in [1.54, 1.807) is 18.3 Å². The zero-order valence-corrected chi connectivity index (χ0v) is 10.9. The molecule has 1 fully saturated rings. The van der Waals surface area contributed by atoms with Gasteiger partial charge in [0.1, 0.15) is 12.2 Å². The van der Waals surface area contributed by atoms with Crippen molar-refractivity contribution < 1.29 is 19.4 Å². The summed E-state index contributed by atoms with van der Waals surface area (Å²) in [5.41, 5.74) is 0.0452. The van der Waals surface area contributed by atoms with Gasteiger partial charge in [0.05, 0.1) is 5.60 Å². The molecule has 2 N–H and O–H groups in total. The number of ether oxygens (including phenoxy) is 1. The number of carboxylic acids is 1. The van der Waals surface area contributed by atoms with E-state index in [0.717, 1.165) is 19.4 Å². The quantitative estimate of drug-likeness (QED) is 0.828. The van der Waals surface area contributed by atoms with Crippen molar-refractivity contribution in [2.24, 2.45) is 0 Å². The summed E-state index contributed by atoms with van der Waals surface area (Å²) < 4.78 is 7.00. The molecule has 0 aromatic carbocycles. The fraction of sp³-hybridized carbons (Fsp3) is 0.538. The van der Waals surface area contributed by atoms with Gasteiger partial charge in [0.2, 0.25) is 0 Å². The average molecular weight is 266 g/mol. The van der Waals surface area contributed by atoms with Crippen LogP contribution in [0.25, 0.3) is 0 Å². The maximum atomic E-state index is 12.0. The van der Waals surface area contributed by atoms with Gasteiger partial charge in [-0.3, -0.25) is 9.59 Å². The van der Waals surface area contributed by atoms with Crippen LogP contribution in [0, 0.1) is 0 Å². The lowest BCUT2D eigenvalue weighted by atomic mass is 10.0. The summed E-state index contributed by atoms with van der Waals surface area (Å²) in [6, 6.07) is 3.27. The lowest BCUT2D eigenvalue weighted by molar-refractivity contribution is -0.137. The minimum atomic E-state index is -0.976. The monoisotopic (exact) mass is 266 g/mol. The van der Waals surface area contributed by atoms with Crippen molar-refractivity contribution in [2.45, 2.75) is 31.9 Å². The molecule has 0 radical (unpaired) electrons. The molecule has 1 unspecified atom stereocenters. The lowest BCUT2D eigenvalue weighted by Gasteiger charge is -2.23. The van der Waals surface area contributed by atoms with Gasteiger partial charge in [0.15, 0.2) is 0 Å². The van der Waals surface area contributed by atoms with Crippen molar-refractivity contribution >= 4 is 11.9 Å². The van der Waals surface area contributed by atoms with E-state index in [9.17, 15) is 9.59 Å².